The number of hydrogen-bond acceptors (Lipinski definition) is 5. The van der Waals surface area contributed by atoms with E-state index in [0.717, 1.165) is 5.56 Å². The number of benzene rings is 1. The number of aromatic hydroxyl groups is 1. The normalized spacial score (nSPS) is 10.8. The summed E-state index contributed by atoms with van der Waals surface area (Å²) in [7, 11) is 0. The lowest BCUT2D eigenvalue weighted by atomic mass is 10.1. The molecule has 0 amide bonds. The van der Waals surface area contributed by atoms with Crippen molar-refractivity contribution in [1.29, 1.82) is 0 Å². The molecule has 120 valence electrons. The van der Waals surface area contributed by atoms with E-state index in [0.29, 0.717) is 0 Å². The van der Waals surface area contributed by atoms with Crippen LogP contribution in [0.5, 0.6) is 5.88 Å². The van der Waals surface area contributed by atoms with Crippen molar-refractivity contribution in [3.8, 4) is 5.88 Å². The monoisotopic (exact) mass is 314 g/mol. The summed E-state index contributed by atoms with van der Waals surface area (Å²) in [4.78, 5) is 29.8. The maximum absolute atomic E-state index is 12.0. The number of nitrogens with zero attached hydrogens (tertiary/aromatic N) is 1. The largest absolute Gasteiger partial charge is 0.493 e. The summed E-state index contributed by atoms with van der Waals surface area (Å²) < 4.78 is 4.79. The zero-order valence-corrected chi connectivity index (χ0v) is 12.8. The number of esters is 1. The number of hydrogen-bond donors (Lipinski definition) is 2. The van der Waals surface area contributed by atoms with Crippen molar-refractivity contribution in [3.63, 3.8) is 0 Å². The molecule has 0 fully saturated rings. The van der Waals surface area contributed by atoms with Crippen molar-refractivity contribution < 1.29 is 14.6 Å². The van der Waals surface area contributed by atoms with E-state index in [9.17, 15) is 14.7 Å². The minimum absolute atomic E-state index is 0.0192. The van der Waals surface area contributed by atoms with Gasteiger partial charge in [0.2, 0.25) is 5.88 Å². The Morgan fingerprint density at radius 3 is 2.70 bits per heavy atom. The molecule has 0 unspecified atom stereocenters. The number of H-pyrrole nitrogens is 1. The van der Waals surface area contributed by atoms with E-state index >= 15 is 0 Å². The van der Waals surface area contributed by atoms with Gasteiger partial charge in [-0.05, 0) is 25.0 Å². The number of ether oxygens (including phenoxy) is 1. The Bertz CT molecular complexity index is 751. The average molecular weight is 314 g/mol. The van der Waals surface area contributed by atoms with E-state index in [1.54, 1.807) is 19.1 Å². The predicted molar refractivity (Wildman–Crippen MR) is 86.8 cm³/mol. The van der Waals surface area contributed by atoms with Crippen LogP contribution in [0, 0.1) is 0 Å². The highest BCUT2D eigenvalue weighted by Crippen LogP contribution is 2.12. The third-order valence-corrected chi connectivity index (χ3v) is 3.13. The first-order valence-corrected chi connectivity index (χ1v) is 7.31. The van der Waals surface area contributed by atoms with E-state index < -0.39 is 11.5 Å². The molecule has 1 aromatic heterocycles. The molecule has 0 aliphatic rings. The van der Waals surface area contributed by atoms with Crippen LogP contribution in [0.1, 0.15) is 30.3 Å². The highest BCUT2D eigenvalue weighted by Gasteiger charge is 2.12. The van der Waals surface area contributed by atoms with Crippen molar-refractivity contribution in [2.45, 2.75) is 19.8 Å². The smallest absolute Gasteiger partial charge is 0.306 e. The van der Waals surface area contributed by atoms with Gasteiger partial charge in [-0.3, -0.25) is 9.59 Å². The second-order valence-electron chi connectivity index (χ2n) is 4.80. The Morgan fingerprint density at radius 1 is 1.30 bits per heavy atom. The van der Waals surface area contributed by atoms with Gasteiger partial charge in [0.05, 0.1) is 12.2 Å². The Hall–Kier alpha value is -2.89. The van der Waals surface area contributed by atoms with E-state index in [-0.39, 0.29) is 36.7 Å². The molecule has 0 atom stereocenters. The number of aromatic amines is 1. The lowest BCUT2D eigenvalue weighted by Gasteiger charge is -2.04. The fourth-order valence-corrected chi connectivity index (χ4v) is 2.01. The van der Waals surface area contributed by atoms with Gasteiger partial charge in [-0.1, -0.05) is 36.4 Å². The van der Waals surface area contributed by atoms with Crippen LogP contribution in [-0.4, -0.2) is 27.7 Å². The fraction of sp³-hybridized carbons (Fsp3) is 0.235. The number of rotatable bonds is 6. The van der Waals surface area contributed by atoms with Crippen LogP contribution in [0.25, 0.3) is 12.2 Å². The van der Waals surface area contributed by atoms with Crippen molar-refractivity contribution in [2.24, 2.45) is 0 Å². The van der Waals surface area contributed by atoms with Crippen molar-refractivity contribution in [2.75, 3.05) is 6.61 Å². The second-order valence-corrected chi connectivity index (χ2v) is 4.80. The van der Waals surface area contributed by atoms with Crippen molar-refractivity contribution in [1.82, 2.24) is 9.97 Å². The van der Waals surface area contributed by atoms with E-state index in [1.165, 1.54) is 0 Å². The minimum Gasteiger partial charge on any atom is -0.493 e. The first-order chi connectivity index (χ1) is 11.1. The Morgan fingerprint density at radius 2 is 2.04 bits per heavy atom. The molecular formula is C17H18N2O4. The summed E-state index contributed by atoms with van der Waals surface area (Å²) in [5.74, 6) is -0.540. The van der Waals surface area contributed by atoms with Crippen LogP contribution < -0.4 is 5.56 Å². The zero-order valence-electron chi connectivity index (χ0n) is 12.8. The van der Waals surface area contributed by atoms with Crippen LogP contribution in [0.2, 0.25) is 0 Å². The number of aromatic nitrogens is 2. The molecular weight excluding hydrogens is 296 g/mol. The first-order valence-electron chi connectivity index (χ1n) is 7.31. The summed E-state index contributed by atoms with van der Waals surface area (Å²) in [5, 5.41) is 9.90. The second kappa shape index (κ2) is 7.93. The number of carbonyl (C=O) groups excluding carboxylic acids is 1. The highest BCUT2D eigenvalue weighted by molar-refractivity contribution is 5.70. The molecule has 2 aromatic rings. The van der Waals surface area contributed by atoms with Crippen molar-refractivity contribution in [3.05, 3.63) is 57.6 Å². The van der Waals surface area contributed by atoms with Gasteiger partial charge in [-0.2, -0.15) is 4.98 Å². The summed E-state index contributed by atoms with van der Waals surface area (Å²) >= 11 is 0. The average Bonchev–Trinajstić information content (AvgIpc) is 2.53. The summed E-state index contributed by atoms with van der Waals surface area (Å²) in [5.41, 5.74) is 0.561. The van der Waals surface area contributed by atoms with Gasteiger partial charge < -0.3 is 14.8 Å². The summed E-state index contributed by atoms with van der Waals surface area (Å²) in [6, 6.07) is 9.50. The van der Waals surface area contributed by atoms with Gasteiger partial charge in [0, 0.05) is 6.42 Å². The molecule has 0 spiro atoms. The van der Waals surface area contributed by atoms with Crippen LogP contribution >= 0.6 is 0 Å². The molecule has 6 heteroatoms. The molecule has 0 aliphatic carbocycles. The maximum Gasteiger partial charge on any atom is 0.306 e. The van der Waals surface area contributed by atoms with Gasteiger partial charge in [-0.15, -0.1) is 0 Å². The van der Waals surface area contributed by atoms with Gasteiger partial charge >= 0.3 is 5.97 Å². The van der Waals surface area contributed by atoms with Crippen LogP contribution in [0.3, 0.4) is 0 Å². The van der Waals surface area contributed by atoms with Crippen LogP contribution in [0.15, 0.2) is 35.1 Å². The molecule has 1 heterocycles. The fourth-order valence-electron chi connectivity index (χ4n) is 2.01. The van der Waals surface area contributed by atoms with Crippen LogP contribution in [0.4, 0.5) is 0 Å². The van der Waals surface area contributed by atoms with Gasteiger partial charge in [0.25, 0.3) is 5.56 Å². The third kappa shape index (κ3) is 4.81. The predicted octanol–water partition coefficient (Wildman–Crippen LogP) is 2.14. The molecule has 0 saturated carbocycles. The first kappa shape index (κ1) is 16.5. The Kier molecular flexibility index (Phi) is 5.68. The van der Waals surface area contributed by atoms with E-state index in [2.05, 4.69) is 9.97 Å². The number of carbonyl (C=O) groups is 1. The molecule has 1 aromatic carbocycles. The minimum atomic E-state index is -0.463. The quantitative estimate of drug-likeness (QED) is 0.797. The van der Waals surface area contributed by atoms with Gasteiger partial charge in [-0.25, -0.2) is 0 Å². The molecule has 0 saturated heterocycles. The zero-order chi connectivity index (χ0) is 16.7. The molecule has 2 rings (SSSR count). The van der Waals surface area contributed by atoms with Crippen LogP contribution in [-0.2, 0) is 16.0 Å². The van der Waals surface area contributed by atoms with E-state index in [4.69, 9.17) is 4.74 Å². The summed E-state index contributed by atoms with van der Waals surface area (Å²) in [6.45, 7) is 1.99. The highest BCUT2D eigenvalue weighted by atomic mass is 16.5. The van der Waals surface area contributed by atoms with Crippen molar-refractivity contribution >= 4 is 18.1 Å². The Labute approximate surface area is 133 Å². The molecule has 23 heavy (non-hydrogen) atoms. The van der Waals surface area contributed by atoms with Gasteiger partial charge in [0.1, 0.15) is 5.82 Å². The topological polar surface area (TPSA) is 92.3 Å². The van der Waals surface area contributed by atoms with E-state index in [1.807, 2.05) is 30.3 Å². The van der Waals surface area contributed by atoms with Gasteiger partial charge in [0.15, 0.2) is 0 Å². The lowest BCUT2D eigenvalue weighted by molar-refractivity contribution is -0.143. The standard InChI is InChI=1S/C17H18N2O4/c1-2-23-15(20)11-9-13-16(21)18-14(19-17(13)22)10-8-12-6-4-3-5-7-12/h3-8,10H,2,9,11H2,1H3,(H2,18,19,21,22)/b10-8+. The molecule has 0 aliphatic heterocycles. The number of nitrogens with one attached hydrogen (secondary N) is 1. The maximum atomic E-state index is 12.0. The molecule has 0 bridgehead atoms. The lowest BCUT2D eigenvalue weighted by Crippen LogP contribution is -2.17. The SMILES string of the molecule is CCOC(=O)CCc1c(O)nc(/C=C/c2ccccc2)[nH]c1=O. The summed E-state index contributed by atoms with van der Waals surface area (Å²) in [6.07, 6.45) is 3.47. The third-order valence-electron chi connectivity index (χ3n) is 3.13. The molecule has 2 N–H and O–H groups in total. The molecule has 0 radical (unpaired) electrons. The molecule has 6 nitrogen and oxygen atoms in total. The Balaban J connectivity index is 2.12.